The second-order valence-corrected chi connectivity index (χ2v) is 4.77. The minimum Gasteiger partial charge on any atom is -0.481 e. The molecule has 0 radical (unpaired) electrons. The van der Waals surface area contributed by atoms with Crippen molar-refractivity contribution in [3.63, 3.8) is 0 Å². The van der Waals surface area contributed by atoms with Crippen LogP contribution in [-0.2, 0) is 4.79 Å². The van der Waals surface area contributed by atoms with Gasteiger partial charge in [-0.3, -0.25) is 9.18 Å². The van der Waals surface area contributed by atoms with Crippen LogP contribution in [0.3, 0.4) is 0 Å². The van der Waals surface area contributed by atoms with Crippen molar-refractivity contribution in [3.8, 4) is 0 Å². The molecule has 0 aliphatic heterocycles. The maximum atomic E-state index is 11.7. The molecule has 0 atom stereocenters. The number of carbonyl (C=O) groups is 1. The van der Waals surface area contributed by atoms with E-state index in [1.165, 1.54) is 0 Å². The van der Waals surface area contributed by atoms with E-state index in [2.05, 4.69) is 0 Å². The van der Waals surface area contributed by atoms with Crippen molar-refractivity contribution < 1.29 is 14.3 Å². The summed E-state index contributed by atoms with van der Waals surface area (Å²) in [6.45, 7) is -0.265. The Labute approximate surface area is 81.9 Å². The third kappa shape index (κ3) is 3.98. The first kappa shape index (κ1) is 10.8. The maximum Gasteiger partial charge on any atom is 0.303 e. The molecule has 1 aliphatic carbocycles. The Kier molecular flexibility index (Phi) is 4.03. The number of hydrogen-bond donors (Lipinski definition) is 1. The fourth-order valence-electron chi connectivity index (χ4n) is 1.32. The molecule has 0 spiro atoms. The summed E-state index contributed by atoms with van der Waals surface area (Å²) in [6.07, 6.45) is 2.94. The van der Waals surface area contributed by atoms with Crippen molar-refractivity contribution in [3.05, 3.63) is 0 Å². The monoisotopic (exact) mass is 206 g/mol. The number of halogens is 1. The van der Waals surface area contributed by atoms with Crippen molar-refractivity contribution in [2.45, 2.75) is 25.7 Å². The Morgan fingerprint density at radius 1 is 1.54 bits per heavy atom. The number of thioether (sulfide) groups is 1. The van der Waals surface area contributed by atoms with Gasteiger partial charge in [0.25, 0.3) is 0 Å². The summed E-state index contributed by atoms with van der Waals surface area (Å²) in [5.41, 5.74) is 0.0623. The third-order valence-electron chi connectivity index (χ3n) is 2.31. The molecule has 0 amide bonds. The highest BCUT2D eigenvalue weighted by Gasteiger charge is 2.43. The van der Waals surface area contributed by atoms with E-state index in [0.717, 1.165) is 24.3 Å². The lowest BCUT2D eigenvalue weighted by Crippen LogP contribution is -2.11. The van der Waals surface area contributed by atoms with Crippen LogP contribution in [0.2, 0.25) is 0 Å². The van der Waals surface area contributed by atoms with Crippen LogP contribution in [0.5, 0.6) is 0 Å². The van der Waals surface area contributed by atoms with E-state index in [9.17, 15) is 9.18 Å². The van der Waals surface area contributed by atoms with E-state index in [1.54, 1.807) is 11.8 Å². The summed E-state index contributed by atoms with van der Waals surface area (Å²) >= 11 is 1.69. The van der Waals surface area contributed by atoms with Crippen LogP contribution in [-0.4, -0.2) is 29.3 Å². The Morgan fingerprint density at radius 3 is 2.69 bits per heavy atom. The molecule has 76 valence electrons. The van der Waals surface area contributed by atoms with E-state index in [0.29, 0.717) is 6.42 Å². The number of rotatable bonds is 7. The van der Waals surface area contributed by atoms with Gasteiger partial charge in [0.2, 0.25) is 0 Å². The van der Waals surface area contributed by atoms with Gasteiger partial charge in [-0.1, -0.05) is 0 Å². The number of hydrogen-bond acceptors (Lipinski definition) is 2. The fraction of sp³-hybridized carbons (Fsp3) is 0.889. The predicted molar refractivity (Wildman–Crippen MR) is 51.8 cm³/mol. The minimum atomic E-state index is -0.705. The molecule has 1 rings (SSSR count). The SMILES string of the molecule is O=C(O)CC1(CSCCCF)CC1. The fourth-order valence-corrected chi connectivity index (χ4v) is 2.60. The van der Waals surface area contributed by atoms with Crippen LogP contribution < -0.4 is 0 Å². The summed E-state index contributed by atoms with van der Waals surface area (Å²) in [5.74, 6) is 1.00. The van der Waals surface area contributed by atoms with Crippen LogP contribution in [0, 0.1) is 5.41 Å². The first-order chi connectivity index (χ1) is 6.18. The first-order valence-electron chi connectivity index (χ1n) is 4.54. The molecule has 1 aliphatic rings. The number of aliphatic carboxylic acids is 1. The van der Waals surface area contributed by atoms with Gasteiger partial charge in [0.15, 0.2) is 0 Å². The lowest BCUT2D eigenvalue weighted by atomic mass is 10.1. The lowest BCUT2D eigenvalue weighted by molar-refractivity contribution is -0.138. The molecular weight excluding hydrogens is 191 g/mol. The molecule has 1 fully saturated rings. The average molecular weight is 206 g/mol. The standard InChI is InChI=1S/C9H15FO2S/c10-4-1-5-13-7-9(2-3-9)6-8(11)12/h1-7H2,(H,11,12). The Morgan fingerprint density at radius 2 is 2.23 bits per heavy atom. The van der Waals surface area contributed by atoms with Gasteiger partial charge in [0.1, 0.15) is 0 Å². The topological polar surface area (TPSA) is 37.3 Å². The summed E-state index contributed by atoms with van der Waals surface area (Å²) in [5, 5.41) is 8.62. The smallest absolute Gasteiger partial charge is 0.303 e. The Hall–Kier alpha value is -0.250. The summed E-state index contributed by atoms with van der Waals surface area (Å²) < 4.78 is 11.7. The molecule has 0 bridgehead atoms. The van der Waals surface area contributed by atoms with E-state index < -0.39 is 5.97 Å². The Bertz CT molecular complexity index is 180. The first-order valence-corrected chi connectivity index (χ1v) is 5.69. The molecule has 0 aromatic heterocycles. The van der Waals surface area contributed by atoms with Gasteiger partial charge >= 0.3 is 5.97 Å². The van der Waals surface area contributed by atoms with Gasteiger partial charge in [-0.05, 0) is 36.2 Å². The van der Waals surface area contributed by atoms with Gasteiger partial charge in [-0.15, -0.1) is 0 Å². The molecule has 1 saturated carbocycles. The number of carboxylic acids is 1. The van der Waals surface area contributed by atoms with E-state index >= 15 is 0 Å². The van der Waals surface area contributed by atoms with Crippen molar-refractivity contribution in [2.75, 3.05) is 18.2 Å². The zero-order valence-corrected chi connectivity index (χ0v) is 8.41. The highest BCUT2D eigenvalue weighted by atomic mass is 32.2. The van der Waals surface area contributed by atoms with E-state index in [-0.39, 0.29) is 18.5 Å². The molecule has 1 N–H and O–H groups in total. The van der Waals surface area contributed by atoms with Gasteiger partial charge < -0.3 is 5.11 Å². The summed E-state index contributed by atoms with van der Waals surface area (Å²) in [7, 11) is 0. The third-order valence-corrected chi connectivity index (χ3v) is 3.71. The maximum absolute atomic E-state index is 11.7. The summed E-state index contributed by atoms with van der Waals surface area (Å²) in [4.78, 5) is 10.5. The van der Waals surface area contributed by atoms with Crippen molar-refractivity contribution >= 4 is 17.7 Å². The van der Waals surface area contributed by atoms with E-state index in [4.69, 9.17) is 5.11 Å². The number of alkyl halides is 1. The molecule has 2 nitrogen and oxygen atoms in total. The summed E-state index contributed by atoms with van der Waals surface area (Å²) in [6, 6.07) is 0. The minimum absolute atomic E-state index is 0.0623. The second-order valence-electron chi connectivity index (χ2n) is 3.67. The van der Waals surface area contributed by atoms with Gasteiger partial charge in [-0.2, -0.15) is 11.8 Å². The molecule has 0 saturated heterocycles. The average Bonchev–Trinajstić information content (AvgIpc) is 2.78. The lowest BCUT2D eigenvalue weighted by Gasteiger charge is -2.10. The van der Waals surface area contributed by atoms with Gasteiger partial charge in [0.05, 0.1) is 13.1 Å². The molecule has 13 heavy (non-hydrogen) atoms. The zero-order valence-electron chi connectivity index (χ0n) is 7.59. The van der Waals surface area contributed by atoms with Crippen LogP contribution in [0.25, 0.3) is 0 Å². The molecule has 4 heteroatoms. The van der Waals surface area contributed by atoms with Gasteiger partial charge in [-0.25, -0.2) is 0 Å². The number of carboxylic acid groups (broad SMARTS) is 1. The normalized spacial score (nSPS) is 18.5. The molecule has 0 unspecified atom stereocenters. The predicted octanol–water partition coefficient (Wildman–Crippen LogP) is 2.33. The molecule has 0 heterocycles. The largest absolute Gasteiger partial charge is 0.481 e. The quantitative estimate of drug-likeness (QED) is 0.650. The van der Waals surface area contributed by atoms with Crippen molar-refractivity contribution in [1.29, 1.82) is 0 Å². The Balaban J connectivity index is 2.09. The van der Waals surface area contributed by atoms with Crippen LogP contribution in [0.1, 0.15) is 25.7 Å². The van der Waals surface area contributed by atoms with Crippen molar-refractivity contribution in [2.24, 2.45) is 5.41 Å². The van der Waals surface area contributed by atoms with Gasteiger partial charge in [0, 0.05) is 0 Å². The molecule has 0 aromatic rings. The highest BCUT2D eigenvalue weighted by Crippen LogP contribution is 2.50. The second kappa shape index (κ2) is 4.84. The van der Waals surface area contributed by atoms with Crippen LogP contribution in [0.4, 0.5) is 4.39 Å². The van der Waals surface area contributed by atoms with Crippen LogP contribution >= 0.6 is 11.8 Å². The zero-order chi connectivity index (χ0) is 9.73. The molecule has 0 aromatic carbocycles. The van der Waals surface area contributed by atoms with Crippen molar-refractivity contribution in [1.82, 2.24) is 0 Å². The highest BCUT2D eigenvalue weighted by molar-refractivity contribution is 7.99. The van der Waals surface area contributed by atoms with E-state index in [1.807, 2.05) is 0 Å². The molecular formula is C9H15FO2S. The van der Waals surface area contributed by atoms with Crippen LogP contribution in [0.15, 0.2) is 0 Å².